The zero-order chi connectivity index (χ0) is 25.6. The normalized spacial score (nSPS) is 17.1. The smallest absolute Gasteiger partial charge is 0.301 e. The van der Waals surface area contributed by atoms with E-state index in [0.29, 0.717) is 16.0 Å². The van der Waals surface area contributed by atoms with Crippen molar-refractivity contribution in [3.8, 4) is 5.75 Å². The minimum Gasteiger partial charge on any atom is -0.507 e. The Balaban J connectivity index is 1.75. The molecule has 1 unspecified atom stereocenters. The highest BCUT2D eigenvalue weighted by molar-refractivity contribution is 7.22. The van der Waals surface area contributed by atoms with Crippen molar-refractivity contribution in [2.24, 2.45) is 0 Å². The van der Waals surface area contributed by atoms with E-state index in [1.807, 2.05) is 0 Å². The molecule has 4 aromatic rings. The van der Waals surface area contributed by atoms with Gasteiger partial charge in [-0.1, -0.05) is 35.6 Å². The maximum absolute atomic E-state index is 13.8. The molecule has 1 saturated heterocycles. The number of halogens is 1. The molecule has 11 heteroatoms. The van der Waals surface area contributed by atoms with Crippen LogP contribution in [0.2, 0.25) is 0 Å². The predicted octanol–water partition coefficient (Wildman–Crippen LogP) is 4.98. The zero-order valence-electron chi connectivity index (χ0n) is 18.5. The van der Waals surface area contributed by atoms with Crippen LogP contribution >= 0.6 is 11.3 Å². The molecule has 1 aliphatic heterocycles. The van der Waals surface area contributed by atoms with Crippen molar-refractivity contribution in [1.29, 1.82) is 0 Å². The molecule has 0 spiro atoms. The highest BCUT2D eigenvalue weighted by Gasteiger charge is 2.48. The van der Waals surface area contributed by atoms with Crippen LogP contribution in [0, 0.1) is 15.9 Å². The number of nitro benzene ring substituents is 1. The number of rotatable bonds is 5. The third-order valence-electron chi connectivity index (χ3n) is 5.73. The fourth-order valence-corrected chi connectivity index (χ4v) is 5.09. The number of nitrogens with zero attached hydrogens (tertiary/aromatic N) is 3. The van der Waals surface area contributed by atoms with Crippen LogP contribution in [0.4, 0.5) is 15.2 Å². The number of methoxy groups -OCH3 is 1. The van der Waals surface area contributed by atoms with E-state index in [9.17, 15) is 29.2 Å². The SMILES string of the molecule is COc1cccc(C(O)=C2C(=O)C(=O)N(c3nc4ccc(F)cc4s3)C2c2cccc([N+](=O)[O-])c2)c1. The number of aromatic nitrogens is 1. The second-order valence-corrected chi connectivity index (χ2v) is 8.87. The van der Waals surface area contributed by atoms with Crippen LogP contribution in [0.25, 0.3) is 16.0 Å². The van der Waals surface area contributed by atoms with E-state index < -0.39 is 34.2 Å². The summed E-state index contributed by atoms with van der Waals surface area (Å²) in [4.78, 5) is 42.9. The maximum atomic E-state index is 13.8. The lowest BCUT2D eigenvalue weighted by molar-refractivity contribution is -0.384. The average Bonchev–Trinajstić information content (AvgIpc) is 3.41. The number of Topliss-reactive ketones (excluding diaryl/α,β-unsaturated/α-hetero) is 1. The number of benzene rings is 3. The van der Waals surface area contributed by atoms with Crippen LogP contribution in [0.1, 0.15) is 17.2 Å². The van der Waals surface area contributed by atoms with Crippen molar-refractivity contribution in [1.82, 2.24) is 4.98 Å². The number of hydrogen-bond donors (Lipinski definition) is 1. The van der Waals surface area contributed by atoms with Crippen LogP contribution in [-0.4, -0.2) is 33.8 Å². The summed E-state index contributed by atoms with van der Waals surface area (Å²) in [6.45, 7) is 0. The Morgan fingerprint density at radius 2 is 1.92 bits per heavy atom. The molecule has 0 aliphatic carbocycles. The van der Waals surface area contributed by atoms with E-state index >= 15 is 0 Å². The number of carbonyl (C=O) groups is 2. The second kappa shape index (κ2) is 8.86. The molecule has 36 heavy (non-hydrogen) atoms. The first-order valence-electron chi connectivity index (χ1n) is 10.5. The Bertz CT molecular complexity index is 1600. The van der Waals surface area contributed by atoms with E-state index in [1.165, 1.54) is 61.7 Å². The molecule has 9 nitrogen and oxygen atoms in total. The fourth-order valence-electron chi connectivity index (χ4n) is 4.07. The number of ether oxygens (including phenoxy) is 1. The minimum atomic E-state index is -1.22. The van der Waals surface area contributed by atoms with Gasteiger partial charge < -0.3 is 9.84 Å². The lowest BCUT2D eigenvalue weighted by atomic mass is 9.95. The first-order chi connectivity index (χ1) is 17.3. The summed E-state index contributed by atoms with van der Waals surface area (Å²) >= 11 is 0.983. The maximum Gasteiger partial charge on any atom is 0.301 e. The summed E-state index contributed by atoms with van der Waals surface area (Å²) in [6.07, 6.45) is 0. The van der Waals surface area contributed by atoms with Crippen LogP contribution in [0.15, 0.2) is 72.3 Å². The largest absolute Gasteiger partial charge is 0.507 e. The third kappa shape index (κ3) is 3.85. The molecule has 3 aromatic carbocycles. The Morgan fingerprint density at radius 3 is 2.67 bits per heavy atom. The lowest BCUT2D eigenvalue weighted by Gasteiger charge is -2.22. The number of carbonyl (C=O) groups excluding carboxylic acids is 2. The van der Waals surface area contributed by atoms with Crippen molar-refractivity contribution in [2.75, 3.05) is 12.0 Å². The fraction of sp³-hybridized carbons (Fsp3) is 0.0800. The predicted molar refractivity (Wildman–Crippen MR) is 130 cm³/mol. The number of hydrogen-bond acceptors (Lipinski definition) is 8. The van der Waals surface area contributed by atoms with Gasteiger partial charge in [0, 0.05) is 17.7 Å². The lowest BCUT2D eigenvalue weighted by Crippen LogP contribution is -2.29. The van der Waals surface area contributed by atoms with Crippen molar-refractivity contribution < 1.29 is 28.7 Å². The van der Waals surface area contributed by atoms with Gasteiger partial charge in [0.1, 0.15) is 17.3 Å². The number of non-ortho nitro benzene ring substituents is 1. The average molecular weight is 505 g/mol. The molecule has 2 heterocycles. The van der Waals surface area contributed by atoms with Gasteiger partial charge in [0.15, 0.2) is 5.13 Å². The molecular formula is C25H16FN3O6S. The van der Waals surface area contributed by atoms with E-state index in [0.717, 1.165) is 16.2 Å². The summed E-state index contributed by atoms with van der Waals surface area (Å²) in [5.74, 6) is -2.52. The van der Waals surface area contributed by atoms with E-state index in [-0.39, 0.29) is 27.5 Å². The Kier molecular flexibility index (Phi) is 5.69. The summed E-state index contributed by atoms with van der Waals surface area (Å²) in [7, 11) is 1.44. The number of thiazole rings is 1. The number of ketones is 1. The van der Waals surface area contributed by atoms with Crippen molar-refractivity contribution in [3.05, 3.63) is 99.4 Å². The number of aliphatic hydroxyl groups excluding tert-OH is 1. The van der Waals surface area contributed by atoms with Gasteiger partial charge in [0.25, 0.3) is 11.5 Å². The van der Waals surface area contributed by atoms with Crippen molar-refractivity contribution in [3.63, 3.8) is 0 Å². The first-order valence-corrected chi connectivity index (χ1v) is 11.4. The van der Waals surface area contributed by atoms with Crippen LogP contribution in [0.5, 0.6) is 5.75 Å². The van der Waals surface area contributed by atoms with Gasteiger partial charge in [-0.2, -0.15) is 0 Å². The molecule has 1 aliphatic rings. The quantitative estimate of drug-likeness (QED) is 0.133. The topological polar surface area (TPSA) is 123 Å². The number of anilines is 1. The van der Waals surface area contributed by atoms with Gasteiger partial charge in [-0.05, 0) is 35.9 Å². The zero-order valence-corrected chi connectivity index (χ0v) is 19.4. The van der Waals surface area contributed by atoms with Crippen LogP contribution in [0.3, 0.4) is 0 Å². The molecule has 0 bridgehead atoms. The standard InChI is InChI=1S/C25H16FN3O6S/c1-35-17-7-3-5-14(11-17)22(30)20-21(13-4-2-6-16(10-13)29(33)34)28(24(32)23(20)31)25-27-18-9-8-15(26)12-19(18)36-25/h2-12,21,30H,1H3. The van der Waals surface area contributed by atoms with Gasteiger partial charge in [0.05, 0.1) is 33.9 Å². The minimum absolute atomic E-state index is 0.0823. The van der Waals surface area contributed by atoms with Crippen LogP contribution in [-0.2, 0) is 9.59 Å². The Morgan fingerprint density at radius 1 is 1.14 bits per heavy atom. The first kappa shape index (κ1) is 23.1. The monoisotopic (exact) mass is 505 g/mol. The van der Waals surface area contributed by atoms with Crippen LogP contribution < -0.4 is 9.64 Å². The molecule has 1 fully saturated rings. The van der Waals surface area contributed by atoms with Gasteiger partial charge >= 0.3 is 5.91 Å². The third-order valence-corrected chi connectivity index (χ3v) is 6.75. The molecule has 1 amide bonds. The molecule has 1 atom stereocenters. The highest BCUT2D eigenvalue weighted by Crippen LogP contribution is 2.45. The number of fused-ring (bicyclic) bond motifs is 1. The molecular weight excluding hydrogens is 489 g/mol. The summed E-state index contributed by atoms with van der Waals surface area (Å²) in [6, 6.07) is 14.4. The van der Waals surface area contributed by atoms with Gasteiger partial charge in [-0.15, -0.1) is 0 Å². The van der Waals surface area contributed by atoms with E-state index in [2.05, 4.69) is 4.98 Å². The van der Waals surface area contributed by atoms with Gasteiger partial charge in [-0.3, -0.25) is 24.6 Å². The van der Waals surface area contributed by atoms with E-state index in [1.54, 1.807) is 12.1 Å². The van der Waals surface area contributed by atoms with Gasteiger partial charge in [-0.25, -0.2) is 9.37 Å². The number of aliphatic hydroxyl groups is 1. The number of amides is 1. The Hall–Kier alpha value is -4.64. The Labute approximate surface area is 206 Å². The molecule has 5 rings (SSSR count). The molecule has 1 N–H and O–H groups in total. The second-order valence-electron chi connectivity index (χ2n) is 7.86. The molecule has 1 aromatic heterocycles. The summed E-state index contributed by atoms with van der Waals surface area (Å²) < 4.78 is 19.4. The highest BCUT2D eigenvalue weighted by atomic mass is 32.1. The van der Waals surface area contributed by atoms with Crippen molar-refractivity contribution in [2.45, 2.75) is 6.04 Å². The number of nitro groups is 1. The molecule has 180 valence electrons. The molecule has 0 saturated carbocycles. The summed E-state index contributed by atoms with van der Waals surface area (Å²) in [5.41, 5.74) is 0.321. The van der Waals surface area contributed by atoms with Crippen molar-refractivity contribution >= 4 is 49.8 Å². The summed E-state index contributed by atoms with van der Waals surface area (Å²) in [5, 5.41) is 22.7. The van der Waals surface area contributed by atoms with Gasteiger partial charge in [0.2, 0.25) is 0 Å². The molecule has 0 radical (unpaired) electrons. The van der Waals surface area contributed by atoms with E-state index in [4.69, 9.17) is 4.74 Å².